The minimum atomic E-state index is -0.229. The molecule has 1 aliphatic heterocycles. The number of aromatic nitrogens is 2. The van der Waals surface area contributed by atoms with E-state index in [9.17, 15) is 4.79 Å². The summed E-state index contributed by atoms with van der Waals surface area (Å²) in [4.78, 5) is 18.1. The Balaban J connectivity index is 1.98. The highest BCUT2D eigenvalue weighted by Gasteiger charge is 2.25. The van der Waals surface area contributed by atoms with Gasteiger partial charge in [0.15, 0.2) is 0 Å². The van der Waals surface area contributed by atoms with E-state index in [0.717, 1.165) is 24.3 Å². The molecule has 98 valence electrons. The Morgan fingerprint density at radius 1 is 1.42 bits per heavy atom. The van der Waals surface area contributed by atoms with Crippen molar-refractivity contribution in [2.45, 2.75) is 13.3 Å². The van der Waals surface area contributed by atoms with Crippen molar-refractivity contribution in [3.8, 4) is 0 Å². The molecule has 1 N–H and O–H groups in total. The molecule has 0 unspecified atom stereocenters. The van der Waals surface area contributed by atoms with Crippen LogP contribution in [0.4, 0.5) is 11.4 Å². The standard InChI is InChI=1S/C13H14N4O2/c1-9-15-12(16-19-9)13(18)17-8-4-7-14-10-5-2-3-6-11(10)17/h2-3,5-6,14H,4,7-8H2,1H3. The number of hydrogen-bond acceptors (Lipinski definition) is 5. The number of fused-ring (bicyclic) bond motifs is 1. The molecular weight excluding hydrogens is 244 g/mol. The first-order valence-corrected chi connectivity index (χ1v) is 6.21. The number of carbonyl (C=O) groups is 1. The molecule has 2 heterocycles. The van der Waals surface area contributed by atoms with Gasteiger partial charge >= 0.3 is 0 Å². The Morgan fingerprint density at radius 2 is 2.26 bits per heavy atom. The van der Waals surface area contributed by atoms with E-state index in [-0.39, 0.29) is 11.7 Å². The summed E-state index contributed by atoms with van der Waals surface area (Å²) < 4.78 is 4.87. The van der Waals surface area contributed by atoms with E-state index in [1.165, 1.54) is 0 Å². The number of benzene rings is 1. The predicted octanol–water partition coefficient (Wildman–Crippen LogP) is 1.84. The Morgan fingerprint density at radius 3 is 3.05 bits per heavy atom. The van der Waals surface area contributed by atoms with Gasteiger partial charge in [-0.2, -0.15) is 4.98 Å². The molecule has 1 aliphatic rings. The Labute approximate surface area is 110 Å². The second-order valence-electron chi connectivity index (χ2n) is 4.39. The number of hydrogen-bond donors (Lipinski definition) is 1. The average Bonchev–Trinajstić information content (AvgIpc) is 2.74. The van der Waals surface area contributed by atoms with Gasteiger partial charge in [-0.05, 0) is 18.6 Å². The summed E-state index contributed by atoms with van der Waals surface area (Å²) >= 11 is 0. The molecule has 0 radical (unpaired) electrons. The van der Waals surface area contributed by atoms with Crippen LogP contribution in [0.3, 0.4) is 0 Å². The lowest BCUT2D eigenvalue weighted by molar-refractivity contribution is 0.0974. The van der Waals surface area contributed by atoms with Crippen molar-refractivity contribution in [1.82, 2.24) is 10.1 Å². The van der Waals surface area contributed by atoms with E-state index >= 15 is 0 Å². The van der Waals surface area contributed by atoms with Crippen molar-refractivity contribution >= 4 is 17.3 Å². The summed E-state index contributed by atoms with van der Waals surface area (Å²) in [5, 5.41) is 7.01. The fraction of sp³-hybridized carbons (Fsp3) is 0.308. The van der Waals surface area contributed by atoms with Gasteiger partial charge in [-0.15, -0.1) is 0 Å². The zero-order valence-electron chi connectivity index (χ0n) is 10.6. The number of anilines is 2. The van der Waals surface area contributed by atoms with Gasteiger partial charge in [-0.1, -0.05) is 17.3 Å². The predicted molar refractivity (Wildman–Crippen MR) is 70.3 cm³/mol. The lowest BCUT2D eigenvalue weighted by Gasteiger charge is -2.20. The summed E-state index contributed by atoms with van der Waals surface area (Å²) in [6.07, 6.45) is 0.872. The summed E-state index contributed by atoms with van der Waals surface area (Å²) in [6, 6.07) is 7.73. The van der Waals surface area contributed by atoms with Gasteiger partial charge in [-0.25, -0.2) is 0 Å². The van der Waals surface area contributed by atoms with Gasteiger partial charge in [0.05, 0.1) is 11.4 Å². The first kappa shape index (κ1) is 11.7. The van der Waals surface area contributed by atoms with E-state index in [1.807, 2.05) is 24.3 Å². The van der Waals surface area contributed by atoms with Crippen molar-refractivity contribution in [3.05, 3.63) is 36.0 Å². The first-order chi connectivity index (χ1) is 9.25. The Kier molecular flexibility index (Phi) is 2.91. The van der Waals surface area contributed by atoms with Crippen molar-refractivity contribution in [2.24, 2.45) is 0 Å². The number of para-hydroxylation sites is 2. The second kappa shape index (κ2) is 4.72. The zero-order chi connectivity index (χ0) is 13.2. The highest BCUT2D eigenvalue weighted by atomic mass is 16.5. The van der Waals surface area contributed by atoms with Gasteiger partial charge in [0.25, 0.3) is 11.7 Å². The molecule has 2 aromatic rings. The molecular formula is C13H14N4O2. The fourth-order valence-corrected chi connectivity index (χ4v) is 2.16. The van der Waals surface area contributed by atoms with Crippen LogP contribution in [0.25, 0.3) is 0 Å². The molecule has 0 fully saturated rings. The molecule has 1 aromatic carbocycles. The molecule has 0 atom stereocenters. The molecule has 0 saturated heterocycles. The molecule has 0 spiro atoms. The van der Waals surface area contributed by atoms with Crippen LogP contribution in [-0.4, -0.2) is 29.1 Å². The van der Waals surface area contributed by atoms with Crippen LogP contribution in [0.1, 0.15) is 22.9 Å². The lowest BCUT2D eigenvalue weighted by atomic mass is 10.2. The number of nitrogens with one attached hydrogen (secondary N) is 1. The van der Waals surface area contributed by atoms with Crippen LogP contribution in [0.5, 0.6) is 0 Å². The van der Waals surface area contributed by atoms with Gasteiger partial charge in [0.2, 0.25) is 5.89 Å². The molecule has 6 nitrogen and oxygen atoms in total. The maximum atomic E-state index is 12.4. The summed E-state index contributed by atoms with van der Waals surface area (Å²) in [5.41, 5.74) is 1.81. The molecule has 19 heavy (non-hydrogen) atoms. The van der Waals surface area contributed by atoms with Crippen molar-refractivity contribution < 1.29 is 9.32 Å². The summed E-state index contributed by atoms with van der Waals surface area (Å²) in [7, 11) is 0. The van der Waals surface area contributed by atoms with Crippen molar-refractivity contribution in [3.63, 3.8) is 0 Å². The number of rotatable bonds is 1. The van der Waals surface area contributed by atoms with Crippen molar-refractivity contribution in [1.29, 1.82) is 0 Å². The third-order valence-electron chi connectivity index (χ3n) is 3.03. The average molecular weight is 258 g/mol. The minimum Gasteiger partial charge on any atom is -0.383 e. The monoisotopic (exact) mass is 258 g/mol. The van der Waals surface area contributed by atoms with Crippen LogP contribution >= 0.6 is 0 Å². The fourth-order valence-electron chi connectivity index (χ4n) is 2.16. The van der Waals surface area contributed by atoms with E-state index in [4.69, 9.17) is 4.52 Å². The summed E-state index contributed by atoms with van der Waals surface area (Å²) in [5.74, 6) is 0.270. The first-order valence-electron chi connectivity index (χ1n) is 6.21. The van der Waals surface area contributed by atoms with E-state index in [2.05, 4.69) is 15.5 Å². The number of nitrogens with zero attached hydrogens (tertiary/aromatic N) is 3. The lowest BCUT2D eigenvalue weighted by Crippen LogP contribution is -2.32. The van der Waals surface area contributed by atoms with Crippen LogP contribution in [0, 0.1) is 6.92 Å². The molecule has 0 saturated carbocycles. The zero-order valence-corrected chi connectivity index (χ0v) is 10.6. The molecule has 6 heteroatoms. The number of amides is 1. The van der Waals surface area contributed by atoms with E-state index in [0.29, 0.717) is 12.4 Å². The van der Waals surface area contributed by atoms with Crippen LogP contribution in [0.2, 0.25) is 0 Å². The molecule has 3 rings (SSSR count). The smallest absolute Gasteiger partial charge is 0.299 e. The third kappa shape index (κ3) is 2.16. The van der Waals surface area contributed by atoms with Gasteiger partial charge < -0.3 is 14.7 Å². The van der Waals surface area contributed by atoms with Gasteiger partial charge in [0, 0.05) is 20.0 Å². The van der Waals surface area contributed by atoms with Gasteiger partial charge in [0.1, 0.15) is 0 Å². The molecule has 1 amide bonds. The topological polar surface area (TPSA) is 71.3 Å². The highest BCUT2D eigenvalue weighted by Crippen LogP contribution is 2.28. The Bertz CT molecular complexity index is 608. The quantitative estimate of drug-likeness (QED) is 0.845. The Hall–Kier alpha value is -2.37. The van der Waals surface area contributed by atoms with Crippen LogP contribution in [-0.2, 0) is 0 Å². The van der Waals surface area contributed by atoms with E-state index < -0.39 is 0 Å². The van der Waals surface area contributed by atoms with Crippen LogP contribution < -0.4 is 10.2 Å². The largest absolute Gasteiger partial charge is 0.383 e. The molecule has 0 bridgehead atoms. The number of aryl methyl sites for hydroxylation is 1. The third-order valence-corrected chi connectivity index (χ3v) is 3.03. The summed E-state index contributed by atoms with van der Waals surface area (Å²) in [6.45, 7) is 3.14. The SMILES string of the molecule is Cc1nc(C(=O)N2CCCNc3ccccc32)no1. The second-order valence-corrected chi connectivity index (χ2v) is 4.39. The molecule has 0 aliphatic carbocycles. The number of carbonyl (C=O) groups excluding carboxylic acids is 1. The maximum Gasteiger partial charge on any atom is 0.299 e. The molecule has 1 aromatic heterocycles. The highest BCUT2D eigenvalue weighted by molar-refractivity contribution is 6.05. The van der Waals surface area contributed by atoms with E-state index in [1.54, 1.807) is 11.8 Å². The minimum absolute atomic E-state index is 0.106. The van der Waals surface area contributed by atoms with Crippen LogP contribution in [0.15, 0.2) is 28.8 Å². The van der Waals surface area contributed by atoms with Gasteiger partial charge in [-0.3, -0.25) is 4.79 Å². The maximum absolute atomic E-state index is 12.4. The normalized spacial score (nSPS) is 14.5. The van der Waals surface area contributed by atoms with Crippen molar-refractivity contribution in [2.75, 3.05) is 23.3 Å².